The fourth-order valence-corrected chi connectivity index (χ4v) is 2.25. The summed E-state index contributed by atoms with van der Waals surface area (Å²) in [6.45, 7) is 2.80. The van der Waals surface area contributed by atoms with Gasteiger partial charge in [-0.05, 0) is 25.7 Å². The summed E-state index contributed by atoms with van der Waals surface area (Å²) in [5.41, 5.74) is 0. The Labute approximate surface area is 107 Å². The van der Waals surface area contributed by atoms with Crippen LogP contribution in [0, 0.1) is 0 Å². The number of carboxylic acid groups (broad SMARTS) is 1. The number of hydrogen-bond donors (Lipinski definition) is 2. The van der Waals surface area contributed by atoms with Gasteiger partial charge in [-0.2, -0.15) is 0 Å². The van der Waals surface area contributed by atoms with Gasteiger partial charge < -0.3 is 20.1 Å². The van der Waals surface area contributed by atoms with Crippen molar-refractivity contribution in [2.45, 2.75) is 44.8 Å². The number of urea groups is 1. The van der Waals surface area contributed by atoms with E-state index in [0.717, 1.165) is 32.2 Å². The Kier molecular flexibility index (Phi) is 5.91. The number of nitrogens with one attached hydrogen (secondary N) is 1. The van der Waals surface area contributed by atoms with Crippen LogP contribution >= 0.6 is 0 Å². The number of hydrogen-bond acceptors (Lipinski definition) is 3. The fourth-order valence-electron chi connectivity index (χ4n) is 2.25. The maximum Gasteiger partial charge on any atom is 0.334 e. The Hall–Kier alpha value is -1.30. The van der Waals surface area contributed by atoms with Gasteiger partial charge >= 0.3 is 12.0 Å². The van der Waals surface area contributed by atoms with Gasteiger partial charge in [0.25, 0.3) is 0 Å². The second-order valence-corrected chi connectivity index (χ2v) is 4.50. The maximum atomic E-state index is 12.0. The van der Waals surface area contributed by atoms with Gasteiger partial charge in [0, 0.05) is 19.7 Å². The van der Waals surface area contributed by atoms with Crippen LogP contribution in [0.3, 0.4) is 0 Å². The van der Waals surface area contributed by atoms with Crippen molar-refractivity contribution in [2.75, 3.05) is 20.2 Å². The Balaban J connectivity index is 2.45. The van der Waals surface area contributed by atoms with Crippen molar-refractivity contribution in [3.63, 3.8) is 0 Å². The second-order valence-electron chi connectivity index (χ2n) is 4.50. The molecule has 1 rings (SSSR count). The number of nitrogens with zero attached hydrogens (tertiary/aromatic N) is 1. The largest absolute Gasteiger partial charge is 0.479 e. The quantitative estimate of drug-likeness (QED) is 0.773. The van der Waals surface area contributed by atoms with Crippen LogP contribution in [0.25, 0.3) is 0 Å². The van der Waals surface area contributed by atoms with E-state index < -0.39 is 12.1 Å². The second kappa shape index (κ2) is 7.20. The normalized spacial score (nSPS) is 21.4. The van der Waals surface area contributed by atoms with E-state index in [9.17, 15) is 9.59 Å². The number of carbonyl (C=O) groups excluding carboxylic acids is 1. The van der Waals surface area contributed by atoms with E-state index in [4.69, 9.17) is 9.84 Å². The first-order chi connectivity index (χ1) is 8.60. The highest BCUT2D eigenvalue weighted by Crippen LogP contribution is 2.19. The topological polar surface area (TPSA) is 78.9 Å². The number of piperidine rings is 1. The molecule has 2 amide bonds. The van der Waals surface area contributed by atoms with Gasteiger partial charge in [0.15, 0.2) is 6.10 Å². The molecular weight excluding hydrogens is 236 g/mol. The zero-order chi connectivity index (χ0) is 13.5. The Morgan fingerprint density at radius 1 is 1.50 bits per heavy atom. The fraction of sp³-hybridized carbons (Fsp3) is 0.833. The first-order valence-corrected chi connectivity index (χ1v) is 6.40. The van der Waals surface area contributed by atoms with Crippen molar-refractivity contribution in [2.24, 2.45) is 0 Å². The van der Waals surface area contributed by atoms with Crippen LogP contribution in [-0.2, 0) is 9.53 Å². The van der Waals surface area contributed by atoms with Crippen molar-refractivity contribution < 1.29 is 19.4 Å². The van der Waals surface area contributed by atoms with Crippen LogP contribution in [0.15, 0.2) is 0 Å². The lowest BCUT2D eigenvalue weighted by atomic mass is 10.0. The highest BCUT2D eigenvalue weighted by atomic mass is 16.5. The molecule has 0 saturated carbocycles. The van der Waals surface area contributed by atoms with Crippen LogP contribution in [-0.4, -0.2) is 54.4 Å². The van der Waals surface area contributed by atoms with Crippen molar-refractivity contribution in [1.29, 1.82) is 0 Å². The molecule has 1 saturated heterocycles. The van der Waals surface area contributed by atoms with Gasteiger partial charge in [0.1, 0.15) is 0 Å². The number of carboxylic acids is 1. The van der Waals surface area contributed by atoms with Crippen LogP contribution in [0.2, 0.25) is 0 Å². The van der Waals surface area contributed by atoms with E-state index in [1.807, 2.05) is 0 Å². The molecule has 6 nitrogen and oxygen atoms in total. The molecule has 2 unspecified atom stereocenters. The third-order valence-corrected chi connectivity index (χ3v) is 3.36. The molecule has 0 spiro atoms. The van der Waals surface area contributed by atoms with Crippen LogP contribution in [0.5, 0.6) is 0 Å². The van der Waals surface area contributed by atoms with Gasteiger partial charge in [-0.15, -0.1) is 0 Å². The zero-order valence-electron chi connectivity index (χ0n) is 11.0. The average Bonchev–Trinajstić information content (AvgIpc) is 2.38. The van der Waals surface area contributed by atoms with Crippen LogP contribution < -0.4 is 5.32 Å². The summed E-state index contributed by atoms with van der Waals surface area (Å²) in [4.78, 5) is 24.5. The third kappa shape index (κ3) is 3.87. The number of carbonyl (C=O) groups is 2. The van der Waals surface area contributed by atoms with Gasteiger partial charge in [-0.3, -0.25) is 0 Å². The van der Waals surface area contributed by atoms with Crippen LogP contribution in [0.4, 0.5) is 4.79 Å². The summed E-state index contributed by atoms with van der Waals surface area (Å²) in [7, 11) is 1.32. The molecule has 1 fully saturated rings. The van der Waals surface area contributed by atoms with Crippen molar-refractivity contribution in [3.8, 4) is 0 Å². The number of likely N-dealkylation sites (tertiary alicyclic amines) is 1. The summed E-state index contributed by atoms with van der Waals surface area (Å²) >= 11 is 0. The lowest BCUT2D eigenvalue weighted by molar-refractivity contribution is -0.148. The van der Waals surface area contributed by atoms with E-state index >= 15 is 0 Å². The first-order valence-electron chi connectivity index (χ1n) is 6.40. The van der Waals surface area contributed by atoms with Gasteiger partial charge in [-0.1, -0.05) is 6.92 Å². The van der Waals surface area contributed by atoms with Gasteiger partial charge in [-0.25, -0.2) is 9.59 Å². The summed E-state index contributed by atoms with van der Waals surface area (Å²) in [6.07, 6.45) is 3.13. The molecule has 1 aliphatic rings. The lowest BCUT2D eigenvalue weighted by Crippen LogP contribution is -2.50. The number of aliphatic carboxylic acids is 1. The molecule has 0 aromatic heterocycles. The van der Waals surface area contributed by atoms with Gasteiger partial charge in [0.2, 0.25) is 0 Å². The molecule has 18 heavy (non-hydrogen) atoms. The number of amides is 2. The van der Waals surface area contributed by atoms with Crippen molar-refractivity contribution >= 4 is 12.0 Å². The minimum absolute atomic E-state index is 0.00238. The minimum atomic E-state index is -1.07. The first kappa shape index (κ1) is 14.8. The van der Waals surface area contributed by atoms with E-state index in [1.54, 1.807) is 4.90 Å². The molecule has 0 aromatic carbocycles. The molecule has 0 radical (unpaired) electrons. The van der Waals surface area contributed by atoms with Crippen molar-refractivity contribution in [3.05, 3.63) is 0 Å². The molecule has 104 valence electrons. The van der Waals surface area contributed by atoms with E-state index in [2.05, 4.69) is 12.2 Å². The maximum absolute atomic E-state index is 12.0. The minimum Gasteiger partial charge on any atom is -0.479 e. The average molecular weight is 258 g/mol. The smallest absolute Gasteiger partial charge is 0.334 e. The third-order valence-electron chi connectivity index (χ3n) is 3.36. The molecular formula is C12H22N2O4. The summed E-state index contributed by atoms with van der Waals surface area (Å²) < 4.78 is 4.77. The summed E-state index contributed by atoms with van der Waals surface area (Å²) in [5.74, 6) is -1.07. The highest BCUT2D eigenvalue weighted by molar-refractivity contribution is 5.77. The molecule has 2 N–H and O–H groups in total. The molecule has 2 atom stereocenters. The summed E-state index contributed by atoms with van der Waals surface area (Å²) in [6, 6.07) is 0.0782. The number of methoxy groups -OCH3 is 1. The number of ether oxygens (including phenoxy) is 1. The summed E-state index contributed by atoms with van der Waals surface area (Å²) in [5, 5.41) is 11.4. The predicted octanol–water partition coefficient (Wildman–Crippen LogP) is 1.06. The Bertz CT molecular complexity index is 296. The van der Waals surface area contributed by atoms with Gasteiger partial charge in [0.05, 0.1) is 6.54 Å². The number of rotatable bonds is 5. The van der Waals surface area contributed by atoms with E-state index in [0.29, 0.717) is 0 Å². The predicted molar refractivity (Wildman–Crippen MR) is 66.5 cm³/mol. The standard InChI is InChI=1S/C12H22N2O4/c1-3-9-6-4-5-7-14(9)12(17)13-8-10(18-2)11(15)16/h9-10H,3-8H2,1-2H3,(H,13,17)(H,15,16). The Morgan fingerprint density at radius 2 is 2.22 bits per heavy atom. The molecule has 1 heterocycles. The van der Waals surface area contributed by atoms with E-state index in [-0.39, 0.29) is 18.6 Å². The zero-order valence-corrected chi connectivity index (χ0v) is 11.0. The lowest BCUT2D eigenvalue weighted by Gasteiger charge is -2.35. The van der Waals surface area contributed by atoms with E-state index in [1.165, 1.54) is 7.11 Å². The molecule has 0 aliphatic carbocycles. The highest BCUT2D eigenvalue weighted by Gasteiger charge is 2.26. The molecule has 0 bridgehead atoms. The molecule has 0 aromatic rings. The monoisotopic (exact) mass is 258 g/mol. The molecule has 6 heteroatoms. The Morgan fingerprint density at radius 3 is 2.78 bits per heavy atom. The SMILES string of the molecule is CCC1CCCCN1C(=O)NCC(OC)C(=O)O. The van der Waals surface area contributed by atoms with Crippen molar-refractivity contribution in [1.82, 2.24) is 10.2 Å². The molecule has 1 aliphatic heterocycles. The van der Waals surface area contributed by atoms with Crippen LogP contribution in [0.1, 0.15) is 32.6 Å².